The zero-order chi connectivity index (χ0) is 87.2. The van der Waals surface area contributed by atoms with Crippen LogP contribution in [0.2, 0.25) is 0 Å². The molecule has 0 bridgehead atoms. The third kappa shape index (κ3) is 15.3. The van der Waals surface area contributed by atoms with Crippen molar-refractivity contribution < 1.29 is 0 Å². The number of aryl methyl sites for hydroxylation is 5. The van der Waals surface area contributed by atoms with Gasteiger partial charge in [0, 0.05) is 65.8 Å². The van der Waals surface area contributed by atoms with Gasteiger partial charge in [0.05, 0.1) is 33.1 Å². The maximum atomic E-state index is 2.41. The van der Waals surface area contributed by atoms with Crippen LogP contribution in [0.1, 0.15) is 77.8 Å². The quantitative estimate of drug-likeness (QED) is 0.137. The molecule has 22 aromatic rings. The van der Waals surface area contributed by atoms with Gasteiger partial charge in [0.2, 0.25) is 0 Å². The molecule has 128 heavy (non-hydrogen) atoms. The molecular formula is C125H101N3. The van der Waals surface area contributed by atoms with Crippen LogP contribution in [0.5, 0.6) is 0 Å². The fourth-order valence-corrected chi connectivity index (χ4v) is 19.7. The van der Waals surface area contributed by atoms with E-state index < -0.39 is 0 Å². The lowest BCUT2D eigenvalue weighted by Gasteiger charge is -2.21. The van der Waals surface area contributed by atoms with E-state index >= 15 is 0 Å². The van der Waals surface area contributed by atoms with Crippen LogP contribution in [0.4, 0.5) is 0 Å². The summed E-state index contributed by atoms with van der Waals surface area (Å²) in [5.41, 5.74) is 44.2. The van der Waals surface area contributed by atoms with Gasteiger partial charge in [-0.2, -0.15) is 0 Å². The van der Waals surface area contributed by atoms with Crippen LogP contribution in [0, 0.1) is 34.6 Å². The lowest BCUT2D eigenvalue weighted by Crippen LogP contribution is -2.14. The molecule has 0 amide bonds. The van der Waals surface area contributed by atoms with E-state index in [2.05, 4.69) is 525 Å². The van der Waals surface area contributed by atoms with E-state index in [1.165, 1.54) is 222 Å². The average molecular weight is 1650 g/mol. The van der Waals surface area contributed by atoms with Crippen LogP contribution in [-0.2, 0) is 10.8 Å². The second-order valence-corrected chi connectivity index (χ2v) is 35.5. The number of nitrogens with zero attached hydrogens (tertiary/aromatic N) is 3. The van der Waals surface area contributed by atoms with Crippen molar-refractivity contribution in [2.24, 2.45) is 0 Å². The smallest absolute Gasteiger partial charge is 0.0619 e. The first-order valence-corrected chi connectivity index (χ1v) is 44.8. The number of rotatable bonds is 9. The van der Waals surface area contributed by atoms with E-state index in [4.69, 9.17) is 0 Å². The molecular weight excluding hydrogens is 1540 g/mol. The summed E-state index contributed by atoms with van der Waals surface area (Å²) in [7, 11) is 0. The minimum Gasteiger partial charge on any atom is -0.309 e. The number of benzene rings is 19. The molecule has 3 heterocycles. The van der Waals surface area contributed by atoms with E-state index in [0.717, 1.165) is 0 Å². The second kappa shape index (κ2) is 34.3. The summed E-state index contributed by atoms with van der Waals surface area (Å²) in [4.78, 5) is 0. The van der Waals surface area contributed by atoms with Gasteiger partial charge < -0.3 is 13.7 Å². The van der Waals surface area contributed by atoms with Gasteiger partial charge in [-0.1, -0.05) is 413 Å². The Morgan fingerprint density at radius 3 is 0.953 bits per heavy atom. The Labute approximate surface area is 752 Å². The van der Waals surface area contributed by atoms with E-state index in [-0.39, 0.29) is 10.8 Å². The maximum Gasteiger partial charge on any atom is 0.0619 e. The first-order valence-electron chi connectivity index (χ1n) is 44.8. The largest absolute Gasteiger partial charge is 0.309 e. The van der Waals surface area contributed by atoms with Crippen molar-refractivity contribution in [2.45, 2.75) is 73.1 Å². The summed E-state index contributed by atoms with van der Waals surface area (Å²) >= 11 is 0. The molecule has 2 aliphatic rings. The van der Waals surface area contributed by atoms with Gasteiger partial charge in [-0.25, -0.2) is 0 Å². The molecule has 0 spiro atoms. The molecule has 0 aliphatic heterocycles. The van der Waals surface area contributed by atoms with Crippen LogP contribution in [0.15, 0.2) is 449 Å². The molecule has 24 rings (SSSR count). The summed E-state index contributed by atoms with van der Waals surface area (Å²) in [6, 6.07) is 162. The van der Waals surface area contributed by atoms with Crippen molar-refractivity contribution >= 4 is 65.4 Å². The van der Waals surface area contributed by atoms with Gasteiger partial charge in [-0.3, -0.25) is 0 Å². The topological polar surface area (TPSA) is 14.8 Å². The zero-order valence-corrected chi connectivity index (χ0v) is 74.1. The van der Waals surface area contributed by atoms with Crippen molar-refractivity contribution in [1.29, 1.82) is 0 Å². The number of fused-ring (bicyclic) bond motifs is 15. The van der Waals surface area contributed by atoms with Crippen LogP contribution >= 0.6 is 0 Å². The van der Waals surface area contributed by atoms with Crippen LogP contribution < -0.4 is 0 Å². The summed E-state index contributed by atoms with van der Waals surface area (Å²) in [6.07, 6.45) is 0. The number of hydrogen-bond donors (Lipinski definition) is 0. The minimum absolute atomic E-state index is 0.151. The van der Waals surface area contributed by atoms with E-state index in [9.17, 15) is 0 Å². The van der Waals surface area contributed by atoms with E-state index in [1.807, 2.05) is 0 Å². The van der Waals surface area contributed by atoms with Crippen molar-refractivity contribution in [1.82, 2.24) is 13.7 Å². The van der Waals surface area contributed by atoms with Gasteiger partial charge in [-0.15, -0.1) is 0 Å². The van der Waals surface area contributed by atoms with E-state index in [0.29, 0.717) is 0 Å². The van der Waals surface area contributed by atoms with Crippen molar-refractivity contribution in [3.05, 3.63) is 499 Å². The Balaban J connectivity index is 0.000000103. The van der Waals surface area contributed by atoms with Gasteiger partial charge in [0.25, 0.3) is 0 Å². The SMILES string of the molecule is Cc1ccc(-c2ccc3c(c2)c2cc(-c4ccccc4)ccc2n3-c2ccccc2)cc1.Cc1ccc(-c2cccc3c2c2cc(-c4ccccc4)ccc2n3-c2ccccc2)cc1.Cc1ccc(-c2cccc3c4cc(-c5ccccc5)ccc4n(-c4ccccc4)c23)cc1.Cc1ccc2c(c1)-c1ccccc1C2(C)C.Cc1ccc2c(c1)C(C)(C)c1ccccc1-2. The van der Waals surface area contributed by atoms with Crippen LogP contribution in [0.25, 0.3) is 171 Å². The summed E-state index contributed by atoms with van der Waals surface area (Å²) in [5.74, 6) is 0. The maximum absolute atomic E-state index is 2.41. The van der Waals surface area contributed by atoms with Crippen molar-refractivity contribution in [3.8, 4) is 106 Å². The predicted octanol–water partition coefficient (Wildman–Crippen LogP) is 33.9. The van der Waals surface area contributed by atoms with Gasteiger partial charge in [-0.05, 0) is 231 Å². The van der Waals surface area contributed by atoms with Gasteiger partial charge in [0.15, 0.2) is 0 Å². The Hall–Kier alpha value is -15.4. The molecule has 19 aromatic carbocycles. The number of para-hydroxylation sites is 4. The molecule has 0 radical (unpaired) electrons. The molecule has 0 saturated carbocycles. The fourth-order valence-electron chi connectivity index (χ4n) is 19.7. The van der Waals surface area contributed by atoms with Crippen molar-refractivity contribution in [3.63, 3.8) is 0 Å². The summed E-state index contributed by atoms with van der Waals surface area (Å²) in [5, 5.41) is 7.69. The molecule has 0 unspecified atom stereocenters. The summed E-state index contributed by atoms with van der Waals surface area (Å²) in [6.45, 7) is 20.0. The number of aromatic nitrogens is 3. The summed E-state index contributed by atoms with van der Waals surface area (Å²) < 4.78 is 7.17. The Morgan fingerprint density at radius 2 is 0.469 bits per heavy atom. The zero-order valence-electron chi connectivity index (χ0n) is 74.1. The Morgan fingerprint density at radius 1 is 0.164 bits per heavy atom. The first-order chi connectivity index (χ1) is 62.6. The third-order valence-electron chi connectivity index (χ3n) is 26.3. The number of hydrogen-bond acceptors (Lipinski definition) is 0. The third-order valence-corrected chi connectivity index (χ3v) is 26.3. The van der Waals surface area contributed by atoms with E-state index in [1.54, 1.807) is 0 Å². The monoisotopic (exact) mass is 1640 g/mol. The van der Waals surface area contributed by atoms with Gasteiger partial charge >= 0.3 is 0 Å². The average Bonchev–Trinajstić information content (AvgIpc) is 1.58. The van der Waals surface area contributed by atoms with Crippen LogP contribution in [0.3, 0.4) is 0 Å². The standard InChI is InChI=1S/3C31H23N.2C16H16/c1-22-15-17-24(18-16-22)27-13-8-14-30-31(27)28-21-25(23-9-4-2-5-10-23)19-20-29(28)32(30)26-11-6-3-7-12-26;1-22-15-17-24(18-16-22)27-13-8-14-28-29-21-25(23-9-4-2-5-10-23)19-20-30(29)32(31(27)28)26-11-6-3-7-12-26;1-22-12-14-24(15-13-22)26-17-19-31-29(21-26)28-20-25(23-8-4-2-5-9-23)16-18-30(28)32(31)27-10-6-3-7-11-27;1-11-8-9-15-13(10-11)12-6-4-5-7-14(12)16(15,2)3;1-11-8-9-13-12-6-4-5-7-14(12)16(2,3)15(13)10-11/h3*2-21H,1H3;2*4-10H,1-3H3. The normalized spacial score (nSPS) is 12.4. The molecule has 3 aromatic heterocycles. The van der Waals surface area contributed by atoms with Gasteiger partial charge in [0.1, 0.15) is 0 Å². The second-order valence-electron chi connectivity index (χ2n) is 35.5. The lowest BCUT2D eigenvalue weighted by atomic mass is 9.82. The molecule has 0 atom stereocenters. The lowest BCUT2D eigenvalue weighted by molar-refractivity contribution is 0.660. The van der Waals surface area contributed by atoms with Crippen molar-refractivity contribution in [2.75, 3.05) is 0 Å². The van der Waals surface area contributed by atoms with Crippen LogP contribution in [-0.4, -0.2) is 13.7 Å². The highest BCUT2D eigenvalue weighted by Gasteiger charge is 2.36. The molecule has 2 aliphatic carbocycles. The molecule has 616 valence electrons. The first kappa shape index (κ1) is 81.0. The molecule has 0 saturated heterocycles. The highest BCUT2D eigenvalue weighted by Crippen LogP contribution is 2.51. The molecule has 0 fully saturated rings. The molecule has 0 N–H and O–H groups in total. The Bertz CT molecular complexity index is 7770. The molecule has 3 nitrogen and oxygen atoms in total. The predicted molar refractivity (Wildman–Crippen MR) is 547 cm³/mol. The fraction of sp³-hybridized carbons (Fsp3) is 0.0880. The molecule has 3 heteroatoms. The Kier molecular flexibility index (Phi) is 21.7. The highest BCUT2D eigenvalue weighted by molar-refractivity contribution is 6.18. The highest BCUT2D eigenvalue weighted by atomic mass is 15.0. The minimum atomic E-state index is 0.151.